The van der Waals surface area contributed by atoms with Gasteiger partial charge in [-0.1, -0.05) is 7.15 Å². The Kier molecular flexibility index (Phi) is 0.706. The van der Waals surface area contributed by atoms with Gasteiger partial charge in [-0.15, -0.1) is 0 Å². The van der Waals surface area contributed by atoms with E-state index in [1.54, 1.807) is 0 Å². The Bertz CT molecular complexity index is 108. The van der Waals surface area contributed by atoms with Crippen LogP contribution in [0.2, 0.25) is 0 Å². The smallest absolute Gasteiger partial charge is 0.0118 e. The van der Waals surface area contributed by atoms with Crippen LogP contribution in [0.15, 0.2) is 0 Å². The van der Waals surface area contributed by atoms with Gasteiger partial charge in [-0.05, 0) is 22.4 Å². The summed E-state index contributed by atoms with van der Waals surface area (Å²) >= 11 is 9.67. The molecule has 0 amide bonds. The van der Waals surface area contributed by atoms with Gasteiger partial charge < -0.3 is 0 Å². The van der Waals surface area contributed by atoms with Crippen LogP contribution in [0.4, 0.5) is 0 Å². The fourth-order valence-electron chi connectivity index (χ4n) is 0.0680. The van der Waals surface area contributed by atoms with Crippen molar-refractivity contribution >= 4 is 29.5 Å². The predicted octanol–water partition coefficient (Wildman–Crippen LogP) is 0.0778. The Labute approximate surface area is 41.4 Å². The first-order chi connectivity index (χ1) is 2.21. The fourth-order valence-corrected chi connectivity index (χ4v) is 1.84. The fraction of sp³-hybridized carbons (Fsp3) is 1.00. The van der Waals surface area contributed by atoms with E-state index >= 15 is 0 Å². The largest absolute Gasteiger partial charge is 0.0878 e. The number of hydrogen-bond donors (Lipinski definition) is 0. The van der Waals surface area contributed by atoms with Gasteiger partial charge in [0.05, 0.1) is 0 Å². The van der Waals surface area contributed by atoms with Gasteiger partial charge in [0.25, 0.3) is 0 Å². The summed E-state index contributed by atoms with van der Waals surface area (Å²) in [7, 11) is -0.750. The lowest BCUT2D eigenvalue weighted by Crippen LogP contribution is -1.52. The molecule has 1 heterocycles. The summed E-state index contributed by atoms with van der Waals surface area (Å²) in [5, 5.41) is 0. The highest BCUT2D eigenvalue weighted by molar-refractivity contribution is 8.59. The molecule has 3 heteroatoms. The molecular formula is C2H4S3. The Balaban J connectivity index is 3.15. The number of hydrogen-bond acceptors (Lipinski definition) is 2. The maximum atomic E-state index is 4.84. The van der Waals surface area contributed by atoms with Gasteiger partial charge in [-0.3, -0.25) is 0 Å². The van der Waals surface area contributed by atoms with Crippen LogP contribution in [0, 0.1) is 0 Å². The van der Waals surface area contributed by atoms with Gasteiger partial charge in [0.15, 0.2) is 0 Å². The summed E-state index contributed by atoms with van der Waals surface area (Å²) in [6.45, 7) is 0. The van der Waals surface area contributed by atoms with E-state index < -0.39 is 7.15 Å². The van der Waals surface area contributed by atoms with Gasteiger partial charge in [-0.2, -0.15) is 0 Å². The van der Waals surface area contributed by atoms with E-state index in [9.17, 15) is 0 Å². The third-order valence-electron chi connectivity index (χ3n) is 0.537. The van der Waals surface area contributed by atoms with Gasteiger partial charge in [-0.25, -0.2) is 0 Å². The summed E-state index contributed by atoms with van der Waals surface area (Å²) in [6, 6.07) is 0. The van der Waals surface area contributed by atoms with Crippen molar-refractivity contribution in [3.63, 3.8) is 0 Å². The Morgan fingerprint density at radius 3 is 1.40 bits per heavy atom. The zero-order valence-electron chi connectivity index (χ0n) is 2.64. The number of rotatable bonds is 0. The SMILES string of the molecule is S=S1(=S)CC1. The molecule has 0 saturated carbocycles. The molecule has 1 aliphatic heterocycles. The molecule has 0 aromatic carbocycles. The quantitative estimate of drug-likeness (QED) is 0.419. The van der Waals surface area contributed by atoms with Crippen LogP contribution in [0.25, 0.3) is 0 Å². The molecular weight excluding hydrogens is 120 g/mol. The highest BCUT2D eigenvalue weighted by Gasteiger charge is 2.14. The molecule has 0 aromatic rings. The minimum atomic E-state index is -0.750. The lowest BCUT2D eigenvalue weighted by Gasteiger charge is -1.54. The highest BCUT2D eigenvalue weighted by atomic mass is 33.1. The molecule has 0 unspecified atom stereocenters. The Morgan fingerprint density at radius 2 is 1.40 bits per heavy atom. The van der Waals surface area contributed by atoms with E-state index in [-0.39, 0.29) is 0 Å². The molecule has 0 radical (unpaired) electrons. The predicted molar refractivity (Wildman–Crippen MR) is 31.8 cm³/mol. The van der Waals surface area contributed by atoms with Crippen molar-refractivity contribution in [1.82, 2.24) is 0 Å². The average Bonchev–Trinajstić information content (AvgIpc) is 1.76. The lowest BCUT2D eigenvalue weighted by molar-refractivity contribution is 1.75. The molecule has 1 rings (SSSR count). The van der Waals surface area contributed by atoms with E-state index in [4.69, 9.17) is 22.4 Å². The lowest BCUT2D eigenvalue weighted by atomic mass is 11.0. The Hall–Kier alpha value is 0.790. The monoisotopic (exact) mass is 124 g/mol. The first-order valence-electron chi connectivity index (χ1n) is 1.41. The molecule has 0 aromatic heterocycles. The van der Waals surface area contributed by atoms with Crippen LogP contribution >= 0.6 is 0 Å². The average molecular weight is 124 g/mol. The summed E-state index contributed by atoms with van der Waals surface area (Å²) in [5.74, 6) is 2.33. The summed E-state index contributed by atoms with van der Waals surface area (Å²) in [4.78, 5) is 0. The van der Waals surface area contributed by atoms with Crippen LogP contribution in [0.1, 0.15) is 0 Å². The maximum absolute atomic E-state index is 4.84. The van der Waals surface area contributed by atoms with Crippen LogP contribution in [-0.4, -0.2) is 11.5 Å². The van der Waals surface area contributed by atoms with E-state index in [1.807, 2.05) is 0 Å². The molecule has 1 aliphatic rings. The van der Waals surface area contributed by atoms with E-state index in [0.717, 1.165) is 11.5 Å². The zero-order chi connectivity index (χ0) is 3.91. The van der Waals surface area contributed by atoms with Crippen LogP contribution in [0.5, 0.6) is 0 Å². The van der Waals surface area contributed by atoms with Crippen molar-refractivity contribution in [3.05, 3.63) is 0 Å². The molecule has 0 nitrogen and oxygen atoms in total. The minimum absolute atomic E-state index is 0.750. The van der Waals surface area contributed by atoms with E-state index in [0.29, 0.717) is 0 Å². The van der Waals surface area contributed by atoms with E-state index in [1.165, 1.54) is 0 Å². The summed E-state index contributed by atoms with van der Waals surface area (Å²) in [6.07, 6.45) is 0. The van der Waals surface area contributed by atoms with Crippen molar-refractivity contribution in [3.8, 4) is 0 Å². The maximum Gasteiger partial charge on any atom is 0.0118 e. The Morgan fingerprint density at radius 1 is 1.20 bits per heavy atom. The van der Waals surface area contributed by atoms with Crippen molar-refractivity contribution in [2.24, 2.45) is 0 Å². The first-order valence-corrected chi connectivity index (χ1v) is 5.23. The van der Waals surface area contributed by atoms with Crippen molar-refractivity contribution in [1.29, 1.82) is 0 Å². The second-order valence-electron chi connectivity index (χ2n) is 1.15. The molecule has 0 atom stereocenters. The molecule has 0 spiro atoms. The van der Waals surface area contributed by atoms with Gasteiger partial charge >= 0.3 is 0 Å². The van der Waals surface area contributed by atoms with Crippen molar-refractivity contribution in [2.45, 2.75) is 0 Å². The standard InChI is InChI=1S/C2H4S3/c3-5(4)1-2-5/h1-2H2. The summed E-state index contributed by atoms with van der Waals surface area (Å²) in [5.41, 5.74) is 0. The molecule has 30 valence electrons. The van der Waals surface area contributed by atoms with Gasteiger partial charge in [0.2, 0.25) is 0 Å². The third kappa shape index (κ3) is 1.11. The second-order valence-corrected chi connectivity index (χ2v) is 7.92. The van der Waals surface area contributed by atoms with Crippen LogP contribution in [-0.2, 0) is 29.5 Å². The highest BCUT2D eigenvalue weighted by Crippen LogP contribution is 2.06. The zero-order valence-corrected chi connectivity index (χ0v) is 5.09. The third-order valence-corrected chi connectivity index (χ3v) is 3.61. The van der Waals surface area contributed by atoms with E-state index in [2.05, 4.69) is 0 Å². The normalized spacial score (nSPS) is 29.6. The van der Waals surface area contributed by atoms with Crippen LogP contribution < -0.4 is 0 Å². The summed E-state index contributed by atoms with van der Waals surface area (Å²) < 4.78 is 0. The second kappa shape index (κ2) is 0.891. The molecule has 1 saturated heterocycles. The van der Waals surface area contributed by atoms with Gasteiger partial charge in [0.1, 0.15) is 0 Å². The minimum Gasteiger partial charge on any atom is -0.0878 e. The van der Waals surface area contributed by atoms with Gasteiger partial charge in [0, 0.05) is 11.5 Å². The first kappa shape index (κ1) is 3.96. The molecule has 0 bridgehead atoms. The van der Waals surface area contributed by atoms with Crippen molar-refractivity contribution in [2.75, 3.05) is 11.5 Å². The topological polar surface area (TPSA) is 0 Å². The molecule has 0 aliphatic carbocycles. The van der Waals surface area contributed by atoms with Crippen molar-refractivity contribution < 1.29 is 0 Å². The molecule has 0 N–H and O–H groups in total. The van der Waals surface area contributed by atoms with Crippen LogP contribution in [0.3, 0.4) is 0 Å². The molecule has 5 heavy (non-hydrogen) atoms. The molecule has 1 fully saturated rings.